The standard InChI is InChI=1S/C23H16Cl3O3/c24-19-9-5-4-8-18(19)23(15-27,17-10-11-20(25)21(26)14-17)12-13-29-22(28)16-6-2-1-3-7-16/h1-11,14H,12-13H2. The fourth-order valence-electron chi connectivity index (χ4n) is 3.12. The molecule has 3 nitrogen and oxygen atoms in total. The predicted molar refractivity (Wildman–Crippen MR) is 116 cm³/mol. The van der Waals surface area contributed by atoms with Crippen LogP contribution in [-0.2, 0) is 14.9 Å². The van der Waals surface area contributed by atoms with E-state index >= 15 is 0 Å². The minimum absolute atomic E-state index is 0.0194. The molecule has 0 amide bonds. The van der Waals surface area contributed by atoms with Crippen molar-refractivity contribution in [2.75, 3.05) is 6.61 Å². The fourth-order valence-corrected chi connectivity index (χ4v) is 3.72. The molecule has 0 fully saturated rings. The summed E-state index contributed by atoms with van der Waals surface area (Å²) in [5, 5.41) is 1.07. The molecule has 0 aliphatic heterocycles. The molecule has 1 unspecified atom stereocenters. The molecule has 0 saturated carbocycles. The normalized spacial score (nSPS) is 12.8. The first-order chi connectivity index (χ1) is 14.0. The molecule has 3 rings (SSSR count). The summed E-state index contributed by atoms with van der Waals surface area (Å²) in [6.45, 7) is -0.0194. The molecule has 0 N–H and O–H groups in total. The van der Waals surface area contributed by atoms with Crippen LogP contribution in [-0.4, -0.2) is 18.9 Å². The molecule has 147 valence electrons. The molecule has 0 heterocycles. The van der Waals surface area contributed by atoms with Crippen molar-refractivity contribution in [3.8, 4) is 0 Å². The SMILES string of the molecule is O=[C]C(CCOC(=O)c1ccccc1)(c1ccc(Cl)c(Cl)c1)c1ccccc1Cl. The quantitative estimate of drug-likeness (QED) is 0.401. The molecule has 0 saturated heterocycles. The van der Waals surface area contributed by atoms with Crippen molar-refractivity contribution in [3.05, 3.63) is 105 Å². The van der Waals surface area contributed by atoms with Gasteiger partial charge in [-0.3, -0.25) is 4.79 Å². The summed E-state index contributed by atoms with van der Waals surface area (Å²) in [7, 11) is 0. The molecule has 3 aromatic carbocycles. The number of benzene rings is 3. The van der Waals surface area contributed by atoms with E-state index in [4.69, 9.17) is 39.5 Å². The largest absolute Gasteiger partial charge is 0.462 e. The average molecular weight is 447 g/mol. The average Bonchev–Trinajstić information content (AvgIpc) is 2.74. The van der Waals surface area contributed by atoms with Gasteiger partial charge in [0.25, 0.3) is 0 Å². The Labute approximate surface area is 184 Å². The maximum absolute atomic E-state index is 12.3. The zero-order chi connectivity index (χ0) is 20.9. The summed E-state index contributed by atoms with van der Waals surface area (Å²) in [4.78, 5) is 24.6. The smallest absolute Gasteiger partial charge is 0.338 e. The second-order valence-corrected chi connectivity index (χ2v) is 7.59. The van der Waals surface area contributed by atoms with Gasteiger partial charge in [0, 0.05) is 11.4 Å². The van der Waals surface area contributed by atoms with Gasteiger partial charge in [0.15, 0.2) is 0 Å². The van der Waals surface area contributed by atoms with E-state index in [-0.39, 0.29) is 13.0 Å². The maximum Gasteiger partial charge on any atom is 0.338 e. The van der Waals surface area contributed by atoms with Gasteiger partial charge in [0.2, 0.25) is 6.29 Å². The molecule has 0 aromatic heterocycles. The lowest BCUT2D eigenvalue weighted by molar-refractivity contribution is 0.0489. The Morgan fingerprint density at radius 3 is 2.21 bits per heavy atom. The zero-order valence-electron chi connectivity index (χ0n) is 15.2. The van der Waals surface area contributed by atoms with Crippen molar-refractivity contribution in [3.63, 3.8) is 0 Å². The maximum atomic E-state index is 12.3. The lowest BCUT2D eigenvalue weighted by Gasteiger charge is -2.29. The number of esters is 1. The molecular weight excluding hydrogens is 431 g/mol. The molecular formula is C23H16Cl3O3. The Hall–Kier alpha value is -2.33. The molecule has 1 atom stereocenters. The van der Waals surface area contributed by atoms with E-state index in [0.717, 1.165) is 0 Å². The molecule has 1 radical (unpaired) electrons. The molecule has 0 aliphatic rings. The van der Waals surface area contributed by atoms with E-state index in [1.807, 2.05) is 6.07 Å². The fraction of sp³-hybridized carbons (Fsp3) is 0.130. The number of hydrogen-bond acceptors (Lipinski definition) is 3. The Bertz CT molecular complexity index is 1020. The van der Waals surface area contributed by atoms with Gasteiger partial charge in [-0.2, -0.15) is 0 Å². The van der Waals surface area contributed by atoms with Gasteiger partial charge >= 0.3 is 5.97 Å². The number of carbonyl (C=O) groups excluding carboxylic acids is 2. The van der Waals surface area contributed by atoms with Crippen molar-refractivity contribution >= 4 is 47.1 Å². The Balaban J connectivity index is 1.94. The minimum atomic E-state index is -1.27. The summed E-state index contributed by atoms with van der Waals surface area (Å²) in [6.07, 6.45) is 2.26. The third-order valence-electron chi connectivity index (χ3n) is 4.64. The van der Waals surface area contributed by atoms with Gasteiger partial charge in [-0.1, -0.05) is 77.3 Å². The number of halogens is 3. The molecule has 3 aromatic rings. The second-order valence-electron chi connectivity index (χ2n) is 6.37. The van der Waals surface area contributed by atoms with Crippen LogP contribution < -0.4 is 0 Å². The Kier molecular flexibility index (Phi) is 6.96. The summed E-state index contributed by atoms with van der Waals surface area (Å²) in [6, 6.07) is 20.5. The van der Waals surface area contributed by atoms with Gasteiger partial charge in [-0.15, -0.1) is 0 Å². The van der Waals surface area contributed by atoms with Gasteiger partial charge < -0.3 is 4.74 Å². The first-order valence-electron chi connectivity index (χ1n) is 8.80. The van der Waals surface area contributed by atoms with E-state index in [0.29, 0.717) is 31.8 Å². The Morgan fingerprint density at radius 2 is 1.55 bits per heavy atom. The number of hydrogen-bond donors (Lipinski definition) is 0. The number of carbonyl (C=O) groups is 1. The van der Waals surface area contributed by atoms with E-state index < -0.39 is 11.4 Å². The highest BCUT2D eigenvalue weighted by atomic mass is 35.5. The van der Waals surface area contributed by atoms with Gasteiger partial charge in [-0.05, 0) is 41.5 Å². The highest BCUT2D eigenvalue weighted by Gasteiger charge is 2.37. The molecule has 6 heteroatoms. The minimum Gasteiger partial charge on any atom is -0.462 e. The summed E-state index contributed by atoms with van der Waals surface area (Å²) in [5.74, 6) is -0.473. The van der Waals surface area contributed by atoms with Crippen molar-refractivity contribution in [2.45, 2.75) is 11.8 Å². The van der Waals surface area contributed by atoms with E-state index in [9.17, 15) is 9.59 Å². The van der Waals surface area contributed by atoms with Crippen LogP contribution in [0.25, 0.3) is 0 Å². The molecule has 29 heavy (non-hydrogen) atoms. The second kappa shape index (κ2) is 9.45. The third kappa shape index (κ3) is 4.64. The highest BCUT2D eigenvalue weighted by molar-refractivity contribution is 6.42. The van der Waals surface area contributed by atoms with Crippen molar-refractivity contribution in [2.24, 2.45) is 0 Å². The van der Waals surface area contributed by atoms with Gasteiger partial charge in [-0.25, -0.2) is 4.79 Å². The van der Waals surface area contributed by atoms with Gasteiger partial charge in [0.1, 0.15) is 0 Å². The third-order valence-corrected chi connectivity index (χ3v) is 5.71. The van der Waals surface area contributed by atoms with Crippen molar-refractivity contribution in [1.29, 1.82) is 0 Å². The molecule has 0 spiro atoms. The van der Waals surface area contributed by atoms with E-state index in [1.54, 1.807) is 66.7 Å². The lowest BCUT2D eigenvalue weighted by Crippen LogP contribution is -2.32. The van der Waals surface area contributed by atoms with Crippen molar-refractivity contribution < 1.29 is 14.3 Å². The summed E-state index contributed by atoms with van der Waals surface area (Å²) in [5.41, 5.74) is 0.265. The topological polar surface area (TPSA) is 43.4 Å². The predicted octanol–water partition coefficient (Wildman–Crippen LogP) is 6.29. The van der Waals surface area contributed by atoms with Crippen LogP contribution in [0, 0.1) is 0 Å². The first kappa shape index (κ1) is 21.4. The Morgan fingerprint density at radius 1 is 0.862 bits per heavy atom. The van der Waals surface area contributed by atoms with Crippen LogP contribution in [0.1, 0.15) is 27.9 Å². The number of ether oxygens (including phenoxy) is 1. The van der Waals surface area contributed by atoms with Crippen molar-refractivity contribution in [1.82, 2.24) is 0 Å². The van der Waals surface area contributed by atoms with Gasteiger partial charge in [0.05, 0.1) is 27.6 Å². The first-order valence-corrected chi connectivity index (χ1v) is 9.93. The van der Waals surface area contributed by atoms with Crippen LogP contribution in [0.4, 0.5) is 0 Å². The van der Waals surface area contributed by atoms with E-state index in [2.05, 4.69) is 6.29 Å². The summed E-state index contributed by atoms with van der Waals surface area (Å²) >= 11 is 18.6. The number of rotatable bonds is 7. The highest BCUT2D eigenvalue weighted by Crippen LogP contribution is 2.40. The zero-order valence-corrected chi connectivity index (χ0v) is 17.5. The molecule has 0 aliphatic carbocycles. The van der Waals surface area contributed by atoms with Crippen LogP contribution in [0.15, 0.2) is 72.8 Å². The monoisotopic (exact) mass is 445 g/mol. The van der Waals surface area contributed by atoms with Crippen LogP contribution >= 0.6 is 34.8 Å². The van der Waals surface area contributed by atoms with Crippen LogP contribution in [0.5, 0.6) is 0 Å². The van der Waals surface area contributed by atoms with Crippen LogP contribution in [0.2, 0.25) is 15.1 Å². The lowest BCUT2D eigenvalue weighted by atomic mass is 9.73. The summed E-state index contributed by atoms with van der Waals surface area (Å²) < 4.78 is 5.40. The molecule has 0 bridgehead atoms. The van der Waals surface area contributed by atoms with E-state index in [1.165, 1.54) is 0 Å². The van der Waals surface area contributed by atoms with Crippen LogP contribution in [0.3, 0.4) is 0 Å².